The Balaban J connectivity index is 1.76. The Hall–Kier alpha value is -3.72. The van der Waals surface area contributed by atoms with Crippen LogP contribution in [0.1, 0.15) is 52.1 Å². The molecule has 0 saturated heterocycles. The van der Waals surface area contributed by atoms with Crippen LogP contribution in [0.5, 0.6) is 0 Å². The first kappa shape index (κ1) is 26.9. The van der Waals surface area contributed by atoms with Crippen LogP contribution in [0.2, 0.25) is 0 Å². The number of esters is 2. The van der Waals surface area contributed by atoms with Crippen LogP contribution >= 0.6 is 11.3 Å². The number of nitrogens with zero attached hydrogens (tertiary/aromatic N) is 3. The van der Waals surface area contributed by atoms with Crippen LogP contribution in [-0.2, 0) is 20.8 Å². The normalized spacial score (nSPS) is 10.6. The SMILES string of the molecule is CCOC(=O)c1sc(N(Cc2ccccc2)C(=O)COC(=O)c2ccc(N(CC)CC)cc2)nc1C. The number of thiazole rings is 1. The molecule has 0 aliphatic heterocycles. The Labute approximate surface area is 215 Å². The first-order valence-electron chi connectivity index (χ1n) is 11.9. The Morgan fingerprint density at radius 2 is 1.56 bits per heavy atom. The standard InChI is InChI=1S/C27H31N3O5S/c1-5-29(6-2)22-15-13-21(14-16-22)25(32)35-18-23(31)30(17-20-11-9-8-10-12-20)27-28-19(4)24(36-27)26(33)34-7-3/h8-16H,5-7,17-18H2,1-4H3. The van der Waals surface area contributed by atoms with E-state index in [0.717, 1.165) is 35.7 Å². The molecule has 1 amide bonds. The predicted molar refractivity (Wildman–Crippen MR) is 141 cm³/mol. The number of hydrogen-bond acceptors (Lipinski definition) is 8. The lowest BCUT2D eigenvalue weighted by Crippen LogP contribution is -2.34. The number of benzene rings is 2. The average molecular weight is 510 g/mol. The molecule has 3 aromatic rings. The summed E-state index contributed by atoms with van der Waals surface area (Å²) in [4.78, 5) is 46.5. The molecule has 0 unspecified atom stereocenters. The van der Waals surface area contributed by atoms with Gasteiger partial charge in [-0.3, -0.25) is 9.69 Å². The second-order valence-corrected chi connectivity index (χ2v) is 8.87. The first-order valence-corrected chi connectivity index (χ1v) is 12.7. The molecule has 36 heavy (non-hydrogen) atoms. The number of amides is 1. The molecule has 190 valence electrons. The highest BCUT2D eigenvalue weighted by Gasteiger charge is 2.25. The number of aryl methyl sites for hydroxylation is 1. The minimum atomic E-state index is -0.586. The molecule has 0 radical (unpaired) electrons. The Bertz CT molecular complexity index is 1170. The maximum atomic E-state index is 13.2. The van der Waals surface area contributed by atoms with Crippen LogP contribution in [-0.4, -0.2) is 49.1 Å². The van der Waals surface area contributed by atoms with E-state index >= 15 is 0 Å². The molecule has 2 aromatic carbocycles. The second kappa shape index (κ2) is 12.8. The fraction of sp³-hybridized carbons (Fsp3) is 0.333. The van der Waals surface area contributed by atoms with Crippen molar-refractivity contribution in [1.82, 2.24) is 4.98 Å². The average Bonchev–Trinajstić information content (AvgIpc) is 3.28. The Morgan fingerprint density at radius 3 is 2.17 bits per heavy atom. The molecule has 1 heterocycles. The van der Waals surface area contributed by atoms with Crippen molar-refractivity contribution in [3.8, 4) is 0 Å². The van der Waals surface area contributed by atoms with E-state index in [9.17, 15) is 14.4 Å². The zero-order valence-electron chi connectivity index (χ0n) is 21.0. The van der Waals surface area contributed by atoms with Crippen LogP contribution in [0.4, 0.5) is 10.8 Å². The van der Waals surface area contributed by atoms with Crippen molar-refractivity contribution in [1.29, 1.82) is 0 Å². The van der Waals surface area contributed by atoms with Crippen molar-refractivity contribution in [3.63, 3.8) is 0 Å². The molecule has 0 N–H and O–H groups in total. The number of hydrogen-bond donors (Lipinski definition) is 0. The molecule has 0 atom stereocenters. The van der Waals surface area contributed by atoms with E-state index in [1.165, 1.54) is 4.90 Å². The summed E-state index contributed by atoms with van der Waals surface area (Å²) in [5.74, 6) is -1.52. The maximum Gasteiger partial charge on any atom is 0.350 e. The topological polar surface area (TPSA) is 89.0 Å². The van der Waals surface area contributed by atoms with Gasteiger partial charge in [0.05, 0.1) is 24.4 Å². The van der Waals surface area contributed by atoms with Gasteiger partial charge in [-0.05, 0) is 57.5 Å². The van der Waals surface area contributed by atoms with E-state index in [2.05, 4.69) is 23.7 Å². The molecule has 0 saturated carbocycles. The number of aromatic nitrogens is 1. The third kappa shape index (κ3) is 6.69. The number of rotatable bonds is 11. The molecular weight excluding hydrogens is 478 g/mol. The van der Waals surface area contributed by atoms with Gasteiger partial charge in [-0.1, -0.05) is 41.7 Å². The third-order valence-electron chi connectivity index (χ3n) is 5.52. The van der Waals surface area contributed by atoms with Crippen molar-refractivity contribution < 1.29 is 23.9 Å². The monoisotopic (exact) mass is 509 g/mol. The zero-order chi connectivity index (χ0) is 26.1. The van der Waals surface area contributed by atoms with Crippen LogP contribution in [0.25, 0.3) is 0 Å². The summed E-state index contributed by atoms with van der Waals surface area (Å²) in [5, 5.41) is 0.337. The largest absolute Gasteiger partial charge is 0.462 e. The fourth-order valence-electron chi connectivity index (χ4n) is 3.60. The minimum absolute atomic E-state index is 0.213. The van der Waals surface area contributed by atoms with Gasteiger partial charge in [0, 0.05) is 18.8 Å². The van der Waals surface area contributed by atoms with Crippen LogP contribution < -0.4 is 9.80 Å². The highest BCUT2D eigenvalue weighted by molar-refractivity contribution is 7.17. The van der Waals surface area contributed by atoms with Crippen molar-refractivity contribution >= 4 is 40.0 Å². The number of carbonyl (C=O) groups excluding carboxylic acids is 3. The fourth-order valence-corrected chi connectivity index (χ4v) is 4.58. The van der Waals surface area contributed by atoms with Gasteiger partial charge in [0.2, 0.25) is 0 Å². The minimum Gasteiger partial charge on any atom is -0.462 e. The molecule has 9 heteroatoms. The van der Waals surface area contributed by atoms with Crippen LogP contribution in [0.15, 0.2) is 54.6 Å². The first-order chi connectivity index (χ1) is 17.4. The second-order valence-electron chi connectivity index (χ2n) is 7.89. The lowest BCUT2D eigenvalue weighted by molar-refractivity contribution is -0.121. The smallest absolute Gasteiger partial charge is 0.350 e. The van der Waals surface area contributed by atoms with Crippen molar-refractivity contribution in [2.45, 2.75) is 34.2 Å². The highest BCUT2D eigenvalue weighted by Crippen LogP contribution is 2.28. The van der Waals surface area contributed by atoms with Gasteiger partial charge < -0.3 is 14.4 Å². The molecule has 0 aliphatic rings. The Morgan fingerprint density at radius 1 is 0.889 bits per heavy atom. The molecule has 0 spiro atoms. The van der Waals surface area contributed by atoms with E-state index in [-0.39, 0.29) is 13.2 Å². The van der Waals surface area contributed by atoms with Crippen molar-refractivity contribution in [2.75, 3.05) is 36.1 Å². The summed E-state index contributed by atoms with van der Waals surface area (Å²) < 4.78 is 10.4. The van der Waals surface area contributed by atoms with E-state index < -0.39 is 24.5 Å². The quantitative estimate of drug-likeness (QED) is 0.341. The summed E-state index contributed by atoms with van der Waals surface area (Å²) in [6.07, 6.45) is 0. The van der Waals surface area contributed by atoms with Crippen LogP contribution in [0.3, 0.4) is 0 Å². The summed E-state index contributed by atoms with van der Waals surface area (Å²) >= 11 is 1.08. The maximum absolute atomic E-state index is 13.2. The molecule has 3 rings (SSSR count). The third-order valence-corrected chi connectivity index (χ3v) is 6.68. The van der Waals surface area contributed by atoms with Gasteiger partial charge in [-0.2, -0.15) is 0 Å². The van der Waals surface area contributed by atoms with Crippen LogP contribution in [0, 0.1) is 6.92 Å². The van der Waals surface area contributed by atoms with E-state index in [4.69, 9.17) is 9.47 Å². The van der Waals surface area contributed by atoms with E-state index in [0.29, 0.717) is 21.3 Å². The number of carbonyl (C=O) groups is 3. The van der Waals surface area contributed by atoms with Gasteiger partial charge in [-0.15, -0.1) is 0 Å². The lowest BCUT2D eigenvalue weighted by atomic mass is 10.2. The van der Waals surface area contributed by atoms with Gasteiger partial charge in [0.25, 0.3) is 5.91 Å². The highest BCUT2D eigenvalue weighted by atomic mass is 32.1. The van der Waals surface area contributed by atoms with E-state index in [1.807, 2.05) is 42.5 Å². The number of ether oxygens (including phenoxy) is 2. The van der Waals surface area contributed by atoms with Gasteiger partial charge in [0.1, 0.15) is 4.88 Å². The molecule has 1 aromatic heterocycles. The van der Waals surface area contributed by atoms with E-state index in [1.54, 1.807) is 26.0 Å². The van der Waals surface area contributed by atoms with Gasteiger partial charge >= 0.3 is 11.9 Å². The van der Waals surface area contributed by atoms with Crippen molar-refractivity contribution in [2.24, 2.45) is 0 Å². The molecule has 8 nitrogen and oxygen atoms in total. The predicted octanol–water partition coefficient (Wildman–Crippen LogP) is 4.86. The molecule has 0 fully saturated rings. The lowest BCUT2D eigenvalue weighted by Gasteiger charge is -2.21. The van der Waals surface area contributed by atoms with Gasteiger partial charge in [-0.25, -0.2) is 14.6 Å². The molecule has 0 aliphatic carbocycles. The molecular formula is C27H31N3O5S. The summed E-state index contributed by atoms with van der Waals surface area (Å²) in [6, 6.07) is 16.5. The number of anilines is 2. The zero-order valence-corrected chi connectivity index (χ0v) is 21.8. The Kier molecular flexibility index (Phi) is 9.58. The van der Waals surface area contributed by atoms with Gasteiger partial charge in [0.15, 0.2) is 11.7 Å². The molecule has 0 bridgehead atoms. The summed E-state index contributed by atoms with van der Waals surface area (Å²) in [7, 11) is 0. The summed E-state index contributed by atoms with van der Waals surface area (Å²) in [6.45, 7) is 9.27. The van der Waals surface area contributed by atoms with Crippen molar-refractivity contribution in [3.05, 3.63) is 76.3 Å². The summed E-state index contributed by atoms with van der Waals surface area (Å²) in [5.41, 5.74) is 2.72.